The van der Waals surface area contributed by atoms with E-state index in [0.29, 0.717) is 22.4 Å². The van der Waals surface area contributed by atoms with Crippen molar-refractivity contribution in [2.45, 2.75) is 0 Å². The fraction of sp³-hybridized carbons (Fsp3) is 0. The molecule has 3 N–H and O–H groups in total. The maximum atomic E-state index is 11.2. The third-order valence-electron chi connectivity index (χ3n) is 2.91. The molecule has 3 rings (SSSR count). The molecule has 0 spiro atoms. The number of rotatable bonds is 3. The molecule has 0 aliphatic rings. The summed E-state index contributed by atoms with van der Waals surface area (Å²) >= 11 is 0. The predicted octanol–water partition coefficient (Wildman–Crippen LogP) is -1.68. The largest absolute Gasteiger partial charge is 1.00 e. The van der Waals surface area contributed by atoms with E-state index in [1.54, 1.807) is 48.5 Å². The number of carboxylic acid groups (broad SMARTS) is 1. The van der Waals surface area contributed by atoms with Gasteiger partial charge in [0.05, 0.1) is 17.0 Å². The Morgan fingerprint density at radius 3 is 2.36 bits per heavy atom. The first-order valence-electron chi connectivity index (χ1n) is 6.24. The summed E-state index contributed by atoms with van der Waals surface area (Å²) < 4.78 is 0. The molecule has 0 saturated heterocycles. The molecule has 0 bridgehead atoms. The minimum Gasteiger partial charge on any atom is -0.543 e. The molecule has 7 heteroatoms. The second-order valence-electron chi connectivity index (χ2n) is 4.45. The number of nitrogen functional groups attached to an aromatic ring is 1. The number of hydrogen-bond acceptors (Lipinski definition) is 6. The Hall–Kier alpha value is -1.51. The summed E-state index contributed by atoms with van der Waals surface area (Å²) in [5, 5.41) is 14.2. The molecule has 22 heavy (non-hydrogen) atoms. The number of nitrogens with zero attached hydrogens (tertiary/aromatic N) is 2. The van der Waals surface area contributed by atoms with Crippen molar-refractivity contribution < 1.29 is 61.3 Å². The van der Waals surface area contributed by atoms with Crippen LogP contribution < -0.4 is 67.5 Å². The third-order valence-corrected chi connectivity index (χ3v) is 2.91. The average Bonchev–Trinajstić information content (AvgIpc) is 2.46. The van der Waals surface area contributed by atoms with Crippen LogP contribution in [0.5, 0.6) is 0 Å². The van der Waals surface area contributed by atoms with Gasteiger partial charge in [0.15, 0.2) is 5.82 Å². The third kappa shape index (κ3) is 3.63. The topological polar surface area (TPSA) is 104 Å². The minimum absolute atomic E-state index is 0. The van der Waals surface area contributed by atoms with Crippen molar-refractivity contribution in [2.75, 3.05) is 11.1 Å². The number of para-hydroxylation sites is 2. The maximum Gasteiger partial charge on any atom is 1.00 e. The van der Waals surface area contributed by atoms with E-state index in [9.17, 15) is 9.90 Å². The summed E-state index contributed by atoms with van der Waals surface area (Å²) in [6, 6.07) is 13.9. The van der Waals surface area contributed by atoms with E-state index >= 15 is 0 Å². The van der Waals surface area contributed by atoms with Crippen LogP contribution in [0, 0.1) is 0 Å². The summed E-state index contributed by atoms with van der Waals surface area (Å²) in [6.07, 6.45) is 0. The van der Waals surface area contributed by atoms with Crippen molar-refractivity contribution in [3.8, 4) is 0 Å². The monoisotopic (exact) mass is 318 g/mol. The number of aromatic carboxylic acids is 1. The Morgan fingerprint density at radius 1 is 1.05 bits per heavy atom. The van der Waals surface area contributed by atoms with Gasteiger partial charge in [-0.2, -0.15) is 0 Å². The molecule has 6 nitrogen and oxygen atoms in total. The van der Waals surface area contributed by atoms with Crippen LogP contribution >= 0.6 is 0 Å². The maximum absolute atomic E-state index is 11.2. The van der Waals surface area contributed by atoms with E-state index in [4.69, 9.17) is 5.73 Å². The Labute approximate surface area is 169 Å². The van der Waals surface area contributed by atoms with E-state index in [0.717, 1.165) is 0 Å². The number of nitrogens with one attached hydrogen (secondary N) is 1. The van der Waals surface area contributed by atoms with Crippen LogP contribution in [0.3, 0.4) is 0 Å². The van der Waals surface area contributed by atoms with Crippen molar-refractivity contribution in [3.63, 3.8) is 0 Å². The Kier molecular flexibility index (Phi) is 5.49. The number of hydrogen-bond donors (Lipinski definition) is 2. The fourth-order valence-corrected chi connectivity index (χ4v) is 1.98. The van der Waals surface area contributed by atoms with Crippen LogP contribution in [0.25, 0.3) is 11.0 Å². The van der Waals surface area contributed by atoms with E-state index in [2.05, 4.69) is 15.3 Å². The Bertz CT molecular complexity index is 839. The van der Waals surface area contributed by atoms with Crippen LogP contribution in [-0.2, 0) is 0 Å². The fourth-order valence-electron chi connectivity index (χ4n) is 1.98. The number of nitrogens with two attached hydrogens (primary N) is 1. The van der Waals surface area contributed by atoms with Gasteiger partial charge in [0.25, 0.3) is 0 Å². The number of aromatic nitrogens is 2. The van der Waals surface area contributed by atoms with E-state index in [-0.39, 0.29) is 62.9 Å². The zero-order valence-electron chi connectivity index (χ0n) is 11.9. The second-order valence-corrected chi connectivity index (χ2v) is 4.45. The summed E-state index contributed by atoms with van der Waals surface area (Å²) in [5.41, 5.74) is 7.73. The number of carbonyl (C=O) groups is 1. The molecule has 1 aromatic heterocycles. The number of anilines is 3. The normalized spacial score (nSPS) is 10.0. The summed E-state index contributed by atoms with van der Waals surface area (Å²) in [6.45, 7) is 0. The molecule has 2 aromatic carbocycles. The van der Waals surface area contributed by atoms with Crippen LogP contribution in [0.4, 0.5) is 17.2 Å². The first-order chi connectivity index (χ1) is 10.1. The van der Waals surface area contributed by atoms with Crippen LogP contribution in [0.15, 0.2) is 48.5 Å². The van der Waals surface area contributed by atoms with Crippen molar-refractivity contribution in [1.29, 1.82) is 0 Å². The second kappa shape index (κ2) is 7.17. The van der Waals surface area contributed by atoms with Crippen molar-refractivity contribution >= 4 is 34.2 Å². The quantitative estimate of drug-likeness (QED) is 0.442. The van der Waals surface area contributed by atoms with Crippen LogP contribution in [-0.4, -0.2) is 15.9 Å². The van der Waals surface area contributed by atoms with Gasteiger partial charge >= 0.3 is 51.4 Å². The zero-order valence-corrected chi connectivity index (χ0v) is 15.0. The van der Waals surface area contributed by atoms with Gasteiger partial charge in [-0.15, -0.1) is 0 Å². The zero-order chi connectivity index (χ0) is 14.8. The van der Waals surface area contributed by atoms with Gasteiger partial charge in [-0.25, -0.2) is 9.97 Å². The molecule has 0 aliphatic carbocycles. The first kappa shape index (κ1) is 16.9. The van der Waals surface area contributed by atoms with Gasteiger partial charge < -0.3 is 21.0 Å². The number of fused-ring (bicyclic) bond motifs is 1. The number of benzene rings is 2. The van der Waals surface area contributed by atoms with E-state index in [1.807, 2.05) is 0 Å². The van der Waals surface area contributed by atoms with Gasteiger partial charge in [-0.3, -0.25) is 0 Å². The Balaban J connectivity index is 0.00000176. The average molecular weight is 318 g/mol. The van der Waals surface area contributed by atoms with Crippen molar-refractivity contribution in [3.05, 3.63) is 54.2 Å². The predicted molar refractivity (Wildman–Crippen MR) is 78.0 cm³/mol. The molecule has 0 unspecified atom stereocenters. The smallest absolute Gasteiger partial charge is 0.543 e. The summed E-state index contributed by atoms with van der Waals surface area (Å²) in [7, 11) is 0. The first-order valence-corrected chi connectivity index (χ1v) is 6.24. The van der Waals surface area contributed by atoms with Gasteiger partial charge in [0.1, 0.15) is 5.69 Å². The van der Waals surface area contributed by atoms with E-state index in [1.165, 1.54) is 0 Å². The summed E-state index contributed by atoms with van der Waals surface area (Å²) in [5.74, 6) is -1.26. The molecule has 0 amide bonds. The SMILES string of the molecule is Nc1cccc(Nc2nc3ccccc3nc2C(=O)[O-])c1.[K+]. The molecule has 0 fully saturated rings. The summed E-state index contributed by atoms with van der Waals surface area (Å²) in [4.78, 5) is 19.6. The standard InChI is InChI=1S/C15H12N4O2.K/c16-9-4-3-5-10(8-9)17-14-13(15(20)21)18-11-6-1-2-7-12(11)19-14;/h1-8H,16H2,(H,17,19)(H,20,21);/q;+1/p-1. The van der Waals surface area contributed by atoms with Crippen molar-refractivity contribution in [1.82, 2.24) is 9.97 Å². The molecule has 0 aliphatic heterocycles. The van der Waals surface area contributed by atoms with Crippen molar-refractivity contribution in [2.24, 2.45) is 0 Å². The van der Waals surface area contributed by atoms with Gasteiger partial charge in [0, 0.05) is 11.4 Å². The minimum atomic E-state index is -1.39. The Morgan fingerprint density at radius 2 is 1.73 bits per heavy atom. The number of carboxylic acids is 1. The molecule has 0 atom stereocenters. The number of carbonyl (C=O) groups excluding carboxylic acids is 1. The molecular weight excluding hydrogens is 307 g/mol. The molecule has 1 heterocycles. The van der Waals surface area contributed by atoms with Crippen LogP contribution in [0.1, 0.15) is 10.5 Å². The molecule has 104 valence electrons. The molecule has 0 saturated carbocycles. The molecule has 3 aromatic rings. The van der Waals surface area contributed by atoms with Gasteiger partial charge in [-0.05, 0) is 30.3 Å². The molecular formula is C15H11KN4O2. The van der Waals surface area contributed by atoms with Gasteiger partial charge in [-0.1, -0.05) is 18.2 Å². The van der Waals surface area contributed by atoms with Gasteiger partial charge in [0.2, 0.25) is 0 Å². The van der Waals surface area contributed by atoms with E-state index < -0.39 is 5.97 Å². The van der Waals surface area contributed by atoms with Crippen LogP contribution in [0.2, 0.25) is 0 Å². The molecule has 0 radical (unpaired) electrons.